The van der Waals surface area contributed by atoms with Crippen LogP contribution in [0.25, 0.3) is 0 Å². The molecule has 0 amide bonds. The Morgan fingerprint density at radius 3 is 2.11 bits per heavy atom. The quantitative estimate of drug-likeness (QED) is 0.757. The molecule has 2 rings (SSSR count). The second-order valence-corrected chi connectivity index (χ2v) is 4.82. The van der Waals surface area contributed by atoms with Crippen molar-refractivity contribution >= 4 is 0 Å². The van der Waals surface area contributed by atoms with Crippen LogP contribution in [0.1, 0.15) is 44.2 Å². The van der Waals surface area contributed by atoms with Crippen molar-refractivity contribution in [2.75, 3.05) is 0 Å². The predicted molar refractivity (Wildman–Crippen MR) is 78.5 cm³/mol. The summed E-state index contributed by atoms with van der Waals surface area (Å²) in [5.74, 6) is 0. The van der Waals surface area contributed by atoms with Gasteiger partial charge < -0.3 is 5.11 Å². The minimum atomic E-state index is 0.139. The van der Waals surface area contributed by atoms with Gasteiger partial charge in [-0.1, -0.05) is 60.1 Å². The van der Waals surface area contributed by atoms with Crippen LogP contribution in [0.2, 0.25) is 0 Å². The van der Waals surface area contributed by atoms with Crippen LogP contribution in [0.4, 0.5) is 0 Å². The maximum absolute atomic E-state index is 8.63. The topological polar surface area (TPSA) is 20.2 Å². The Kier molecular flexibility index (Phi) is 6.45. The molecule has 1 nitrogen and oxygen atoms in total. The smallest absolute Gasteiger partial charge is 0.0681 e. The molecule has 1 aromatic rings. The van der Waals surface area contributed by atoms with Gasteiger partial charge in [-0.25, -0.2) is 0 Å². The van der Waals surface area contributed by atoms with Crippen LogP contribution >= 0.6 is 0 Å². The summed E-state index contributed by atoms with van der Waals surface area (Å²) in [4.78, 5) is 0. The first-order valence-corrected chi connectivity index (χ1v) is 6.65. The van der Waals surface area contributed by atoms with Crippen LogP contribution in [0.3, 0.4) is 0 Å². The lowest BCUT2D eigenvalue weighted by atomic mass is 9.99. The first-order chi connectivity index (χ1) is 8.65. The highest BCUT2D eigenvalue weighted by Crippen LogP contribution is 2.18. The molecule has 0 unspecified atom stereocenters. The molecule has 1 aliphatic rings. The molecule has 1 heteroatoms. The van der Waals surface area contributed by atoms with Gasteiger partial charge in [0.15, 0.2) is 0 Å². The van der Waals surface area contributed by atoms with Crippen LogP contribution < -0.4 is 0 Å². The molecule has 1 N–H and O–H groups in total. The van der Waals surface area contributed by atoms with Crippen LogP contribution in [0.15, 0.2) is 47.6 Å². The first-order valence-electron chi connectivity index (χ1n) is 6.65. The number of benzene rings is 1. The van der Waals surface area contributed by atoms with Crippen molar-refractivity contribution in [3.8, 4) is 0 Å². The average molecular weight is 244 g/mol. The second kappa shape index (κ2) is 7.88. The van der Waals surface area contributed by atoms with Crippen molar-refractivity contribution in [1.82, 2.24) is 0 Å². The highest BCUT2D eigenvalue weighted by molar-refractivity contribution is 5.20. The molecular formula is C17H24O. The van der Waals surface area contributed by atoms with E-state index in [1.807, 2.05) is 31.2 Å². The van der Waals surface area contributed by atoms with E-state index in [9.17, 15) is 0 Å². The van der Waals surface area contributed by atoms with E-state index in [1.165, 1.54) is 30.4 Å². The number of allylic oxidation sites excluding steroid dienone is 4. The number of aryl methyl sites for hydroxylation is 1. The summed E-state index contributed by atoms with van der Waals surface area (Å²) >= 11 is 0. The molecule has 0 spiro atoms. The third kappa shape index (κ3) is 5.33. The van der Waals surface area contributed by atoms with Crippen molar-refractivity contribution < 1.29 is 5.11 Å². The Hall–Kier alpha value is -1.34. The van der Waals surface area contributed by atoms with Gasteiger partial charge in [0.2, 0.25) is 0 Å². The zero-order valence-corrected chi connectivity index (χ0v) is 11.7. The fraction of sp³-hybridized carbons (Fsp3) is 0.412. The molecule has 18 heavy (non-hydrogen) atoms. The van der Waals surface area contributed by atoms with Gasteiger partial charge in [-0.3, -0.25) is 0 Å². The molecule has 1 aliphatic carbocycles. The second-order valence-electron chi connectivity index (χ2n) is 4.82. The molecule has 0 saturated carbocycles. The zero-order valence-electron chi connectivity index (χ0n) is 11.7. The first kappa shape index (κ1) is 14.7. The number of hydrogen-bond donors (Lipinski definition) is 1. The molecule has 0 heterocycles. The third-order valence-corrected chi connectivity index (χ3v) is 3.18. The van der Waals surface area contributed by atoms with Crippen LogP contribution in [-0.4, -0.2) is 5.11 Å². The summed E-state index contributed by atoms with van der Waals surface area (Å²) in [6, 6.07) is 7.84. The number of aliphatic hydroxyl groups is 1. The van der Waals surface area contributed by atoms with Crippen molar-refractivity contribution in [1.29, 1.82) is 0 Å². The van der Waals surface area contributed by atoms with Crippen LogP contribution in [0.5, 0.6) is 0 Å². The molecule has 0 radical (unpaired) electrons. The minimum Gasteiger partial charge on any atom is -0.392 e. The maximum atomic E-state index is 8.63. The van der Waals surface area contributed by atoms with Crippen LogP contribution in [-0.2, 0) is 6.61 Å². The van der Waals surface area contributed by atoms with Gasteiger partial charge in [0, 0.05) is 0 Å². The molecule has 1 aromatic carbocycles. The Balaban J connectivity index is 0.000000180. The molecule has 0 fully saturated rings. The van der Waals surface area contributed by atoms with E-state index in [0.29, 0.717) is 0 Å². The van der Waals surface area contributed by atoms with Crippen LogP contribution in [0, 0.1) is 6.92 Å². The molecule has 98 valence electrons. The summed E-state index contributed by atoms with van der Waals surface area (Å²) < 4.78 is 0. The molecule has 0 atom stereocenters. The third-order valence-electron chi connectivity index (χ3n) is 3.18. The SMILES string of the molecule is CCC1=CCC(C)=CC1.Cc1ccc(CO)cc1. The predicted octanol–water partition coefficient (Wildman–Crippen LogP) is 4.55. The van der Waals surface area contributed by atoms with Gasteiger partial charge in [0.1, 0.15) is 0 Å². The minimum absolute atomic E-state index is 0.139. The lowest BCUT2D eigenvalue weighted by Gasteiger charge is -2.07. The summed E-state index contributed by atoms with van der Waals surface area (Å²) in [5.41, 5.74) is 5.32. The van der Waals surface area contributed by atoms with E-state index in [-0.39, 0.29) is 6.61 Å². The highest BCUT2D eigenvalue weighted by Gasteiger charge is 1.97. The Morgan fingerprint density at radius 2 is 1.67 bits per heavy atom. The van der Waals surface area contributed by atoms with Crippen molar-refractivity contribution in [3.63, 3.8) is 0 Å². The highest BCUT2D eigenvalue weighted by atomic mass is 16.3. The molecule has 0 aliphatic heterocycles. The van der Waals surface area contributed by atoms with Gasteiger partial charge in [0.05, 0.1) is 6.61 Å². The standard InChI is InChI=1S/C9H14.C8H10O/c1-3-9-6-4-8(2)5-7-9;1-7-2-4-8(6-9)5-3-7/h4,7H,3,5-6H2,1-2H3;2-5,9H,6H2,1H3. The largest absolute Gasteiger partial charge is 0.392 e. The molecule has 0 saturated heterocycles. The number of rotatable bonds is 2. The van der Waals surface area contributed by atoms with Gasteiger partial charge in [0.25, 0.3) is 0 Å². The number of aliphatic hydroxyl groups excluding tert-OH is 1. The molecule has 0 bridgehead atoms. The van der Waals surface area contributed by atoms with Crippen molar-refractivity contribution in [3.05, 3.63) is 58.7 Å². The average Bonchev–Trinajstić information content (AvgIpc) is 2.41. The van der Waals surface area contributed by atoms with Crippen molar-refractivity contribution in [2.24, 2.45) is 0 Å². The summed E-state index contributed by atoms with van der Waals surface area (Å²) in [6.07, 6.45) is 8.30. The zero-order chi connectivity index (χ0) is 13.4. The van der Waals surface area contributed by atoms with E-state index < -0.39 is 0 Å². The van der Waals surface area contributed by atoms with E-state index in [4.69, 9.17) is 5.11 Å². The lowest BCUT2D eigenvalue weighted by molar-refractivity contribution is 0.282. The van der Waals surface area contributed by atoms with E-state index in [1.54, 1.807) is 5.57 Å². The van der Waals surface area contributed by atoms with E-state index >= 15 is 0 Å². The van der Waals surface area contributed by atoms with Gasteiger partial charge in [-0.2, -0.15) is 0 Å². The van der Waals surface area contributed by atoms with Gasteiger partial charge in [-0.05, 0) is 38.7 Å². The van der Waals surface area contributed by atoms with E-state index in [0.717, 1.165) is 5.56 Å². The monoisotopic (exact) mass is 244 g/mol. The van der Waals surface area contributed by atoms with Crippen molar-refractivity contribution in [2.45, 2.75) is 46.6 Å². The van der Waals surface area contributed by atoms with Gasteiger partial charge in [-0.15, -0.1) is 0 Å². The lowest BCUT2D eigenvalue weighted by Crippen LogP contribution is -1.87. The van der Waals surface area contributed by atoms with E-state index in [2.05, 4.69) is 26.0 Å². The fourth-order valence-electron chi connectivity index (χ4n) is 1.76. The number of hydrogen-bond acceptors (Lipinski definition) is 1. The Bertz CT molecular complexity index is 410. The maximum Gasteiger partial charge on any atom is 0.0681 e. The fourth-order valence-corrected chi connectivity index (χ4v) is 1.76. The summed E-state index contributed by atoms with van der Waals surface area (Å²) in [6.45, 7) is 6.59. The Morgan fingerprint density at radius 1 is 1.00 bits per heavy atom. The molecular weight excluding hydrogens is 220 g/mol. The summed E-state index contributed by atoms with van der Waals surface area (Å²) in [5, 5.41) is 8.63. The molecule has 0 aromatic heterocycles. The van der Waals surface area contributed by atoms with Gasteiger partial charge >= 0.3 is 0 Å². The summed E-state index contributed by atoms with van der Waals surface area (Å²) in [7, 11) is 0. The normalized spacial score (nSPS) is 14.2. The Labute approximate surface area is 111 Å².